The van der Waals surface area contributed by atoms with E-state index in [4.69, 9.17) is 4.74 Å². The molecule has 1 unspecified atom stereocenters. The Morgan fingerprint density at radius 2 is 2.38 bits per heavy atom. The molecular weight excluding hydrogens is 164 g/mol. The Kier molecular flexibility index (Phi) is 3.12. The molecule has 0 heterocycles. The van der Waals surface area contributed by atoms with Gasteiger partial charge in [0.1, 0.15) is 6.29 Å². The highest BCUT2D eigenvalue weighted by Gasteiger charge is 2.30. The van der Waals surface area contributed by atoms with E-state index in [9.17, 15) is 4.79 Å². The first kappa shape index (κ1) is 10.3. The van der Waals surface area contributed by atoms with E-state index in [0.29, 0.717) is 6.61 Å². The summed E-state index contributed by atoms with van der Waals surface area (Å²) in [5, 5.41) is 0. The van der Waals surface area contributed by atoms with Gasteiger partial charge in [0.2, 0.25) is 0 Å². The second-order valence-electron chi connectivity index (χ2n) is 4.19. The normalized spacial score (nSPS) is 26.4. The van der Waals surface area contributed by atoms with Gasteiger partial charge < -0.3 is 9.53 Å². The van der Waals surface area contributed by atoms with Gasteiger partial charge in [-0.25, -0.2) is 0 Å². The van der Waals surface area contributed by atoms with Crippen LogP contribution in [0.1, 0.15) is 33.6 Å². The standard InChI is InChI=1S/C11H18O2/c1-4-13-10-7-9(8-12)5-6-11(10,2)3/h7-9H,4-6H2,1-3H3. The summed E-state index contributed by atoms with van der Waals surface area (Å²) in [7, 11) is 0. The van der Waals surface area contributed by atoms with Gasteiger partial charge in [-0.1, -0.05) is 13.8 Å². The van der Waals surface area contributed by atoms with E-state index in [2.05, 4.69) is 13.8 Å². The lowest BCUT2D eigenvalue weighted by atomic mass is 9.77. The molecule has 0 saturated carbocycles. The van der Waals surface area contributed by atoms with E-state index in [-0.39, 0.29) is 11.3 Å². The fourth-order valence-corrected chi connectivity index (χ4v) is 1.66. The van der Waals surface area contributed by atoms with Crippen molar-refractivity contribution in [3.8, 4) is 0 Å². The lowest BCUT2D eigenvalue weighted by molar-refractivity contribution is -0.110. The van der Waals surface area contributed by atoms with Gasteiger partial charge in [-0.15, -0.1) is 0 Å². The van der Waals surface area contributed by atoms with E-state index in [0.717, 1.165) is 24.9 Å². The summed E-state index contributed by atoms with van der Waals surface area (Å²) in [6.45, 7) is 6.98. The van der Waals surface area contributed by atoms with Gasteiger partial charge >= 0.3 is 0 Å². The van der Waals surface area contributed by atoms with E-state index in [1.807, 2.05) is 13.0 Å². The first-order valence-corrected chi connectivity index (χ1v) is 4.90. The lowest BCUT2D eigenvalue weighted by Gasteiger charge is -2.32. The highest BCUT2D eigenvalue weighted by Crippen LogP contribution is 2.38. The molecule has 1 aliphatic rings. The summed E-state index contributed by atoms with van der Waals surface area (Å²) in [4.78, 5) is 10.6. The molecule has 0 aromatic rings. The average Bonchev–Trinajstić information content (AvgIpc) is 2.09. The molecule has 0 aliphatic heterocycles. The fourth-order valence-electron chi connectivity index (χ4n) is 1.66. The van der Waals surface area contributed by atoms with E-state index in [1.165, 1.54) is 0 Å². The van der Waals surface area contributed by atoms with E-state index in [1.54, 1.807) is 0 Å². The monoisotopic (exact) mass is 182 g/mol. The quantitative estimate of drug-likeness (QED) is 0.627. The summed E-state index contributed by atoms with van der Waals surface area (Å²) in [6.07, 6.45) is 4.96. The Labute approximate surface area is 80.0 Å². The Morgan fingerprint density at radius 3 is 2.92 bits per heavy atom. The zero-order valence-corrected chi connectivity index (χ0v) is 8.67. The zero-order chi connectivity index (χ0) is 9.90. The molecule has 0 radical (unpaired) electrons. The van der Waals surface area contributed by atoms with Crippen molar-refractivity contribution in [3.05, 3.63) is 11.8 Å². The molecule has 0 fully saturated rings. The predicted octanol–water partition coefficient (Wildman–Crippen LogP) is 2.54. The second kappa shape index (κ2) is 3.95. The predicted molar refractivity (Wildman–Crippen MR) is 52.3 cm³/mol. The minimum Gasteiger partial charge on any atom is -0.498 e. The average molecular weight is 182 g/mol. The van der Waals surface area contributed by atoms with Crippen LogP contribution in [-0.4, -0.2) is 12.9 Å². The van der Waals surface area contributed by atoms with Crippen molar-refractivity contribution in [1.82, 2.24) is 0 Å². The van der Waals surface area contributed by atoms with Crippen molar-refractivity contribution < 1.29 is 9.53 Å². The second-order valence-corrected chi connectivity index (χ2v) is 4.19. The first-order valence-electron chi connectivity index (χ1n) is 4.90. The number of rotatable bonds is 3. The smallest absolute Gasteiger partial charge is 0.126 e. The van der Waals surface area contributed by atoms with Crippen molar-refractivity contribution in [2.24, 2.45) is 11.3 Å². The van der Waals surface area contributed by atoms with Crippen molar-refractivity contribution >= 4 is 6.29 Å². The van der Waals surface area contributed by atoms with Crippen molar-refractivity contribution in [2.75, 3.05) is 6.61 Å². The number of carbonyl (C=O) groups excluding carboxylic acids is 1. The zero-order valence-electron chi connectivity index (χ0n) is 8.67. The molecule has 2 nitrogen and oxygen atoms in total. The molecule has 0 amide bonds. The van der Waals surface area contributed by atoms with Gasteiger partial charge in [-0.05, 0) is 25.8 Å². The Bertz CT molecular complexity index is 216. The first-order chi connectivity index (χ1) is 6.10. The molecule has 1 rings (SSSR count). The number of hydrogen-bond donors (Lipinski definition) is 0. The maximum Gasteiger partial charge on any atom is 0.126 e. The number of hydrogen-bond acceptors (Lipinski definition) is 2. The Morgan fingerprint density at radius 1 is 1.69 bits per heavy atom. The van der Waals surface area contributed by atoms with Gasteiger partial charge in [0.05, 0.1) is 12.4 Å². The largest absolute Gasteiger partial charge is 0.498 e. The van der Waals surface area contributed by atoms with Crippen LogP contribution in [0, 0.1) is 11.3 Å². The van der Waals surface area contributed by atoms with Crippen LogP contribution in [0.5, 0.6) is 0 Å². The van der Waals surface area contributed by atoms with Crippen LogP contribution in [0.3, 0.4) is 0 Å². The molecule has 0 spiro atoms. The highest BCUT2D eigenvalue weighted by molar-refractivity contribution is 5.57. The van der Waals surface area contributed by atoms with Crippen LogP contribution in [-0.2, 0) is 9.53 Å². The van der Waals surface area contributed by atoms with E-state index >= 15 is 0 Å². The van der Waals surface area contributed by atoms with Crippen LogP contribution in [0.15, 0.2) is 11.8 Å². The van der Waals surface area contributed by atoms with Crippen molar-refractivity contribution in [2.45, 2.75) is 33.6 Å². The summed E-state index contributed by atoms with van der Waals surface area (Å²) < 4.78 is 5.53. The minimum absolute atomic E-state index is 0.0644. The van der Waals surface area contributed by atoms with Crippen LogP contribution in [0.25, 0.3) is 0 Å². The summed E-state index contributed by atoms with van der Waals surface area (Å²) >= 11 is 0. The molecule has 0 aromatic carbocycles. The molecular formula is C11H18O2. The van der Waals surface area contributed by atoms with Crippen LogP contribution < -0.4 is 0 Å². The minimum atomic E-state index is 0.0644. The molecule has 13 heavy (non-hydrogen) atoms. The third-order valence-corrected chi connectivity index (χ3v) is 2.61. The maximum atomic E-state index is 10.6. The highest BCUT2D eigenvalue weighted by atomic mass is 16.5. The van der Waals surface area contributed by atoms with Gasteiger partial charge in [-0.3, -0.25) is 0 Å². The Balaban J connectivity index is 2.80. The lowest BCUT2D eigenvalue weighted by Crippen LogP contribution is -2.24. The SMILES string of the molecule is CCOC1=CC(C=O)CCC1(C)C. The molecule has 1 atom stereocenters. The van der Waals surface area contributed by atoms with Gasteiger partial charge in [0.25, 0.3) is 0 Å². The third-order valence-electron chi connectivity index (χ3n) is 2.61. The van der Waals surface area contributed by atoms with Gasteiger partial charge in [0.15, 0.2) is 0 Å². The number of allylic oxidation sites excluding steroid dienone is 2. The summed E-state index contributed by atoms with van der Waals surface area (Å²) in [5.41, 5.74) is 0.107. The molecule has 0 N–H and O–H groups in total. The number of carbonyl (C=O) groups is 1. The topological polar surface area (TPSA) is 26.3 Å². The van der Waals surface area contributed by atoms with Crippen LogP contribution in [0.2, 0.25) is 0 Å². The fraction of sp³-hybridized carbons (Fsp3) is 0.727. The van der Waals surface area contributed by atoms with Crippen molar-refractivity contribution in [3.63, 3.8) is 0 Å². The van der Waals surface area contributed by atoms with E-state index < -0.39 is 0 Å². The Hall–Kier alpha value is -0.790. The van der Waals surface area contributed by atoms with Crippen LogP contribution >= 0.6 is 0 Å². The third kappa shape index (κ3) is 2.33. The maximum absolute atomic E-state index is 10.6. The summed E-state index contributed by atoms with van der Waals surface area (Å²) in [5.74, 6) is 1.05. The number of aldehydes is 1. The molecule has 0 bridgehead atoms. The molecule has 0 aromatic heterocycles. The summed E-state index contributed by atoms with van der Waals surface area (Å²) in [6, 6.07) is 0. The molecule has 74 valence electrons. The van der Waals surface area contributed by atoms with Gasteiger partial charge in [0, 0.05) is 11.3 Å². The van der Waals surface area contributed by atoms with Gasteiger partial charge in [-0.2, -0.15) is 0 Å². The molecule has 1 aliphatic carbocycles. The van der Waals surface area contributed by atoms with Crippen LogP contribution in [0.4, 0.5) is 0 Å². The van der Waals surface area contributed by atoms with Crippen molar-refractivity contribution in [1.29, 1.82) is 0 Å². The molecule has 0 saturated heterocycles. The molecule has 2 heteroatoms. The number of ether oxygens (including phenoxy) is 1.